The first-order chi connectivity index (χ1) is 13.1. The van der Waals surface area contributed by atoms with Crippen LogP contribution in [0, 0.1) is 0 Å². The van der Waals surface area contributed by atoms with Crippen molar-refractivity contribution in [2.45, 2.75) is 52.1 Å². The van der Waals surface area contributed by atoms with Gasteiger partial charge in [-0.1, -0.05) is 56.0 Å². The molecule has 1 aliphatic rings. The number of aliphatic hydroxyl groups is 1. The van der Waals surface area contributed by atoms with Crippen molar-refractivity contribution in [2.24, 2.45) is 0 Å². The van der Waals surface area contributed by atoms with Gasteiger partial charge in [0.05, 0.1) is 6.61 Å². The molecule has 2 aromatic carbocycles. The van der Waals surface area contributed by atoms with Crippen LogP contribution in [-0.2, 0) is 6.61 Å². The molecule has 1 unspecified atom stereocenters. The van der Waals surface area contributed by atoms with Crippen LogP contribution in [0.1, 0.15) is 62.1 Å². The Balaban J connectivity index is 2.02. The van der Waals surface area contributed by atoms with Gasteiger partial charge in [0.25, 0.3) is 0 Å². The van der Waals surface area contributed by atoms with Gasteiger partial charge in [-0.05, 0) is 78.0 Å². The van der Waals surface area contributed by atoms with Crippen molar-refractivity contribution in [1.29, 1.82) is 0 Å². The summed E-state index contributed by atoms with van der Waals surface area (Å²) in [6.45, 7) is 7.67. The van der Waals surface area contributed by atoms with Crippen LogP contribution in [0.5, 0.6) is 0 Å². The van der Waals surface area contributed by atoms with Crippen molar-refractivity contribution in [3.63, 3.8) is 0 Å². The summed E-state index contributed by atoms with van der Waals surface area (Å²) in [5, 5.41) is 11.4. The third-order valence-electron chi connectivity index (χ3n) is 5.52. The Labute approximate surface area is 173 Å². The Bertz CT molecular complexity index is 782. The summed E-state index contributed by atoms with van der Waals surface area (Å²) in [6.07, 6.45) is 4.83. The van der Waals surface area contributed by atoms with E-state index in [9.17, 15) is 5.11 Å². The predicted octanol–water partition coefficient (Wildman–Crippen LogP) is 6.50. The number of hydrogen-bond donors (Lipinski definition) is 1. The Hall–Kier alpha value is -1.06. The van der Waals surface area contributed by atoms with E-state index < -0.39 is 0 Å². The van der Waals surface area contributed by atoms with Gasteiger partial charge in [0.2, 0.25) is 0 Å². The minimum Gasteiger partial charge on any atom is -0.392 e. The van der Waals surface area contributed by atoms with E-state index in [-0.39, 0.29) is 12.5 Å². The summed E-state index contributed by atoms with van der Waals surface area (Å²) in [4.78, 5) is 2.58. The number of benzene rings is 2. The van der Waals surface area contributed by atoms with Gasteiger partial charge >= 0.3 is 0 Å². The first kappa shape index (κ1) is 20.7. The Morgan fingerprint density at radius 2 is 1.59 bits per heavy atom. The molecule has 0 aliphatic heterocycles. The normalized spacial score (nSPS) is 15.3. The molecule has 0 aromatic heterocycles. The number of unbranched alkanes of at least 4 members (excludes halogenated alkanes) is 2. The Morgan fingerprint density at radius 3 is 2.22 bits per heavy atom. The number of nitrogens with zero attached hydrogens (tertiary/aromatic N) is 1. The van der Waals surface area contributed by atoms with Gasteiger partial charge in [0.15, 0.2) is 0 Å². The van der Waals surface area contributed by atoms with E-state index in [1.165, 1.54) is 42.4 Å². The lowest BCUT2D eigenvalue weighted by Gasteiger charge is -2.27. The molecule has 0 fully saturated rings. The third kappa shape index (κ3) is 4.51. The maximum atomic E-state index is 9.91. The van der Waals surface area contributed by atoms with Crippen molar-refractivity contribution < 1.29 is 5.11 Å². The average molecular weight is 406 g/mol. The van der Waals surface area contributed by atoms with E-state index >= 15 is 0 Å². The summed E-state index contributed by atoms with van der Waals surface area (Å²) in [7, 11) is 0. The summed E-state index contributed by atoms with van der Waals surface area (Å²) < 4.78 is 0. The molecule has 2 nitrogen and oxygen atoms in total. The highest BCUT2D eigenvalue weighted by atomic mass is 35.5. The molecule has 0 amide bonds. The number of halogens is 2. The van der Waals surface area contributed by atoms with E-state index in [1.807, 2.05) is 12.1 Å². The van der Waals surface area contributed by atoms with Crippen molar-refractivity contribution in [1.82, 2.24) is 4.90 Å². The zero-order valence-electron chi connectivity index (χ0n) is 16.3. The molecule has 0 heterocycles. The van der Waals surface area contributed by atoms with Gasteiger partial charge in [-0.3, -0.25) is 0 Å². The zero-order valence-corrected chi connectivity index (χ0v) is 17.8. The van der Waals surface area contributed by atoms with Crippen LogP contribution >= 0.6 is 23.2 Å². The van der Waals surface area contributed by atoms with Gasteiger partial charge < -0.3 is 10.0 Å². The second-order valence-corrected chi connectivity index (χ2v) is 8.35. The predicted molar refractivity (Wildman–Crippen MR) is 116 cm³/mol. The van der Waals surface area contributed by atoms with E-state index in [4.69, 9.17) is 23.2 Å². The van der Waals surface area contributed by atoms with E-state index in [2.05, 4.69) is 36.9 Å². The fourth-order valence-corrected chi connectivity index (χ4v) is 4.57. The highest BCUT2D eigenvalue weighted by molar-refractivity contribution is 6.31. The number of rotatable bonds is 9. The minimum absolute atomic E-state index is 0.00688. The van der Waals surface area contributed by atoms with E-state index in [0.29, 0.717) is 5.02 Å². The smallest absolute Gasteiger partial charge is 0.0688 e. The maximum absolute atomic E-state index is 9.91. The molecule has 3 rings (SSSR count). The average Bonchev–Trinajstić information content (AvgIpc) is 2.95. The molecule has 0 bridgehead atoms. The van der Waals surface area contributed by atoms with Crippen LogP contribution in [0.3, 0.4) is 0 Å². The molecule has 0 saturated carbocycles. The first-order valence-electron chi connectivity index (χ1n) is 10.0. The lowest BCUT2D eigenvalue weighted by atomic mass is 9.95. The van der Waals surface area contributed by atoms with Gasteiger partial charge in [-0.25, -0.2) is 0 Å². The van der Waals surface area contributed by atoms with Crippen LogP contribution < -0.4 is 0 Å². The van der Waals surface area contributed by atoms with Crippen LogP contribution in [0.15, 0.2) is 30.3 Å². The topological polar surface area (TPSA) is 23.5 Å². The molecular formula is C23H29Cl2NO. The summed E-state index contributed by atoms with van der Waals surface area (Å²) in [5.41, 5.74) is 5.71. The highest BCUT2D eigenvalue weighted by Gasteiger charge is 2.32. The zero-order chi connectivity index (χ0) is 19.4. The third-order valence-corrected chi connectivity index (χ3v) is 5.97. The molecule has 1 N–H and O–H groups in total. The molecule has 27 heavy (non-hydrogen) atoms. The standard InChI is InChI=1S/C23H29Cl2NO/c1-3-5-9-26(10-6-4-2)14-22-20-12-17(24)7-8-19(20)23-16(15-27)11-18(25)13-21(22)23/h7-8,11-13,22,27H,3-6,9-10,14-15H2,1-2H3. The first-order valence-corrected chi connectivity index (χ1v) is 10.8. The second kappa shape index (κ2) is 9.43. The SMILES string of the molecule is CCCCN(CCCC)CC1c2cc(Cl)ccc2-c2c(CO)cc(Cl)cc21. The lowest BCUT2D eigenvalue weighted by molar-refractivity contribution is 0.258. The number of aliphatic hydroxyl groups excluding tert-OH is 1. The van der Waals surface area contributed by atoms with Crippen molar-refractivity contribution >= 4 is 23.2 Å². The van der Waals surface area contributed by atoms with Crippen molar-refractivity contribution in [3.8, 4) is 11.1 Å². The number of hydrogen-bond acceptors (Lipinski definition) is 2. The van der Waals surface area contributed by atoms with E-state index in [1.54, 1.807) is 0 Å². The monoisotopic (exact) mass is 405 g/mol. The van der Waals surface area contributed by atoms with Gasteiger partial charge in [-0.2, -0.15) is 0 Å². The molecular weight excluding hydrogens is 377 g/mol. The Morgan fingerprint density at radius 1 is 0.926 bits per heavy atom. The second-order valence-electron chi connectivity index (χ2n) is 7.48. The molecule has 1 aliphatic carbocycles. The quantitative estimate of drug-likeness (QED) is 0.514. The maximum Gasteiger partial charge on any atom is 0.0688 e. The van der Waals surface area contributed by atoms with Gasteiger partial charge in [0, 0.05) is 22.5 Å². The molecule has 4 heteroatoms. The summed E-state index contributed by atoms with van der Waals surface area (Å²) in [5.74, 6) is 0.242. The number of fused-ring (bicyclic) bond motifs is 3. The van der Waals surface area contributed by atoms with E-state index in [0.717, 1.165) is 35.8 Å². The molecule has 1 atom stereocenters. The van der Waals surface area contributed by atoms with Crippen LogP contribution in [0.4, 0.5) is 0 Å². The van der Waals surface area contributed by atoms with Crippen LogP contribution in [0.25, 0.3) is 11.1 Å². The van der Waals surface area contributed by atoms with Crippen molar-refractivity contribution in [2.75, 3.05) is 19.6 Å². The molecule has 0 saturated heterocycles. The minimum atomic E-state index is -0.00688. The summed E-state index contributed by atoms with van der Waals surface area (Å²) >= 11 is 12.8. The fourth-order valence-electron chi connectivity index (χ4n) is 4.14. The molecule has 0 spiro atoms. The van der Waals surface area contributed by atoms with Gasteiger partial charge in [0.1, 0.15) is 0 Å². The van der Waals surface area contributed by atoms with Crippen LogP contribution in [-0.4, -0.2) is 29.6 Å². The molecule has 2 aromatic rings. The lowest BCUT2D eigenvalue weighted by Crippen LogP contribution is -2.30. The largest absolute Gasteiger partial charge is 0.392 e. The highest BCUT2D eigenvalue weighted by Crippen LogP contribution is 2.48. The van der Waals surface area contributed by atoms with Crippen LogP contribution in [0.2, 0.25) is 10.0 Å². The van der Waals surface area contributed by atoms with Gasteiger partial charge in [-0.15, -0.1) is 0 Å². The summed E-state index contributed by atoms with van der Waals surface area (Å²) in [6, 6.07) is 10.1. The van der Waals surface area contributed by atoms with Crippen molar-refractivity contribution in [3.05, 3.63) is 57.1 Å². The molecule has 146 valence electrons. The fraction of sp³-hybridized carbons (Fsp3) is 0.478. The molecule has 0 radical (unpaired) electrons. The Kier molecular flexibility index (Phi) is 7.22.